The van der Waals surface area contributed by atoms with Crippen LogP contribution in [0, 0.1) is 0 Å². The van der Waals surface area contributed by atoms with Crippen LogP contribution in [0.4, 0.5) is 0 Å². The Morgan fingerprint density at radius 3 is 1.00 bits per heavy atom. The zero-order valence-electron chi connectivity index (χ0n) is 20.4. The smallest absolute Gasteiger partial charge is 0.305 e. The van der Waals surface area contributed by atoms with E-state index >= 15 is 0 Å². The lowest BCUT2D eigenvalue weighted by Gasteiger charge is -2.06. The van der Waals surface area contributed by atoms with E-state index in [0.717, 1.165) is 50.3 Å². The number of carbonyl (C=O) groups is 2. The summed E-state index contributed by atoms with van der Waals surface area (Å²) in [5.74, 6) is 1.24. The molecule has 32 heavy (non-hydrogen) atoms. The molecule has 0 aliphatic carbocycles. The topological polar surface area (TPSA) is 52.6 Å². The third-order valence-electron chi connectivity index (χ3n) is 5.59. The van der Waals surface area contributed by atoms with Gasteiger partial charge in [-0.05, 0) is 38.5 Å². The second-order valence-electron chi connectivity index (χ2n) is 8.68. The van der Waals surface area contributed by atoms with Crippen LogP contribution in [0.5, 0.6) is 0 Å². The first-order chi connectivity index (χ1) is 15.7. The Hall–Kier alpha value is -0.480. The first-order valence-corrected chi connectivity index (χ1v) is 14.2. The number of alkyl halides is 2. The van der Waals surface area contributed by atoms with E-state index in [1.807, 2.05) is 0 Å². The van der Waals surface area contributed by atoms with Crippen molar-refractivity contribution in [2.75, 3.05) is 25.0 Å². The van der Waals surface area contributed by atoms with Crippen LogP contribution in [0.3, 0.4) is 0 Å². The Bertz CT molecular complexity index is 381. The van der Waals surface area contributed by atoms with Crippen molar-refractivity contribution in [3.63, 3.8) is 0 Å². The van der Waals surface area contributed by atoms with Gasteiger partial charge in [0.05, 0.1) is 13.2 Å². The number of esters is 2. The van der Waals surface area contributed by atoms with Gasteiger partial charge in [0.15, 0.2) is 0 Å². The molecule has 0 rings (SSSR count). The quantitative estimate of drug-likeness (QED) is 0.0725. The molecule has 0 amide bonds. The van der Waals surface area contributed by atoms with Crippen LogP contribution in [0.2, 0.25) is 0 Å². The van der Waals surface area contributed by atoms with Crippen molar-refractivity contribution in [1.82, 2.24) is 0 Å². The van der Waals surface area contributed by atoms with Crippen LogP contribution in [0.15, 0.2) is 0 Å². The van der Waals surface area contributed by atoms with Crippen LogP contribution < -0.4 is 0 Å². The highest BCUT2D eigenvalue weighted by molar-refractivity contribution is 6.18. The highest BCUT2D eigenvalue weighted by Gasteiger charge is 2.06. The number of hydrogen-bond donors (Lipinski definition) is 0. The lowest BCUT2D eigenvalue weighted by molar-refractivity contribution is -0.146. The summed E-state index contributed by atoms with van der Waals surface area (Å²) in [5.41, 5.74) is 0. The van der Waals surface area contributed by atoms with E-state index in [2.05, 4.69) is 0 Å². The van der Waals surface area contributed by atoms with Gasteiger partial charge in [0, 0.05) is 24.6 Å². The van der Waals surface area contributed by atoms with Gasteiger partial charge in [-0.1, -0.05) is 77.0 Å². The van der Waals surface area contributed by atoms with Gasteiger partial charge < -0.3 is 9.47 Å². The molecule has 0 aromatic carbocycles. The Morgan fingerprint density at radius 2 is 0.688 bits per heavy atom. The van der Waals surface area contributed by atoms with Gasteiger partial charge in [-0.2, -0.15) is 0 Å². The molecule has 190 valence electrons. The number of halogens is 2. The fraction of sp³-hybridized carbons (Fsp3) is 0.923. The summed E-state index contributed by atoms with van der Waals surface area (Å²) in [5, 5.41) is 0. The van der Waals surface area contributed by atoms with E-state index in [0.29, 0.717) is 38.9 Å². The summed E-state index contributed by atoms with van der Waals surface area (Å²) < 4.78 is 10.5. The van der Waals surface area contributed by atoms with Gasteiger partial charge in [-0.25, -0.2) is 0 Å². The van der Waals surface area contributed by atoms with Crippen molar-refractivity contribution in [3.8, 4) is 0 Å². The minimum absolute atomic E-state index is 0.151. The number of ether oxygens (including phenoxy) is 2. The van der Waals surface area contributed by atoms with Crippen molar-refractivity contribution in [1.29, 1.82) is 0 Å². The molecule has 0 unspecified atom stereocenters. The number of unbranched alkanes of at least 4 members (excludes halogenated alkanes) is 15. The molecule has 0 N–H and O–H groups in total. The summed E-state index contributed by atoms with van der Waals surface area (Å²) in [7, 11) is 0. The molecule has 0 aromatic heterocycles. The van der Waals surface area contributed by atoms with Crippen molar-refractivity contribution in [2.45, 2.75) is 128 Å². The maximum atomic E-state index is 11.7. The van der Waals surface area contributed by atoms with Gasteiger partial charge in [0.25, 0.3) is 0 Å². The van der Waals surface area contributed by atoms with E-state index < -0.39 is 0 Å². The molecule has 0 radical (unpaired) electrons. The monoisotopic (exact) mass is 494 g/mol. The zero-order valence-corrected chi connectivity index (χ0v) is 21.9. The van der Waals surface area contributed by atoms with E-state index in [-0.39, 0.29) is 11.9 Å². The maximum Gasteiger partial charge on any atom is 0.305 e. The predicted octanol–water partition coefficient (Wildman–Crippen LogP) is 8.35. The molecule has 0 saturated carbocycles. The molecule has 0 spiro atoms. The van der Waals surface area contributed by atoms with Crippen LogP contribution in [-0.2, 0) is 19.1 Å². The molecule has 0 heterocycles. The second kappa shape index (κ2) is 26.8. The minimum atomic E-state index is -0.151. The van der Waals surface area contributed by atoms with E-state index in [1.165, 1.54) is 64.2 Å². The Labute approximate surface area is 207 Å². The molecular weight excluding hydrogens is 447 g/mol. The molecule has 0 fully saturated rings. The minimum Gasteiger partial charge on any atom is -0.466 e. The Kier molecular flexibility index (Phi) is 26.4. The van der Waals surface area contributed by atoms with Crippen LogP contribution in [-0.4, -0.2) is 36.9 Å². The molecule has 0 atom stereocenters. The largest absolute Gasteiger partial charge is 0.466 e. The third kappa shape index (κ3) is 25.8. The maximum absolute atomic E-state index is 11.7. The lowest BCUT2D eigenvalue weighted by Crippen LogP contribution is -2.08. The third-order valence-corrected chi connectivity index (χ3v) is 6.13. The van der Waals surface area contributed by atoms with E-state index in [1.54, 1.807) is 0 Å². The van der Waals surface area contributed by atoms with Crippen LogP contribution in [0.1, 0.15) is 128 Å². The van der Waals surface area contributed by atoms with E-state index in [4.69, 9.17) is 32.7 Å². The summed E-state index contributed by atoms with van der Waals surface area (Å²) in [4.78, 5) is 23.5. The van der Waals surface area contributed by atoms with Gasteiger partial charge in [0.1, 0.15) is 0 Å². The second-order valence-corrected chi connectivity index (χ2v) is 9.44. The fourth-order valence-electron chi connectivity index (χ4n) is 3.57. The molecule has 4 nitrogen and oxygen atoms in total. The number of hydrogen-bond acceptors (Lipinski definition) is 4. The van der Waals surface area contributed by atoms with E-state index in [9.17, 15) is 9.59 Å². The van der Waals surface area contributed by atoms with Gasteiger partial charge >= 0.3 is 11.9 Å². The zero-order chi connectivity index (χ0) is 23.5. The van der Waals surface area contributed by atoms with Crippen LogP contribution >= 0.6 is 23.2 Å². The highest BCUT2D eigenvalue weighted by atomic mass is 35.5. The van der Waals surface area contributed by atoms with Crippen molar-refractivity contribution < 1.29 is 19.1 Å². The fourth-order valence-corrected chi connectivity index (χ4v) is 3.95. The molecule has 0 saturated heterocycles. The predicted molar refractivity (Wildman–Crippen MR) is 136 cm³/mol. The molecule has 6 heteroatoms. The first kappa shape index (κ1) is 31.5. The SMILES string of the molecule is O=C(CCCCC(=O)OCCCCCCCCCCCl)OCCCCCCCCCCCl. The summed E-state index contributed by atoms with van der Waals surface area (Å²) >= 11 is 11.3. The molecule has 0 aliphatic heterocycles. The normalized spacial score (nSPS) is 10.9. The number of carbonyl (C=O) groups excluding carboxylic acids is 2. The molecular formula is C26H48Cl2O4. The van der Waals surface area contributed by atoms with Crippen LogP contribution in [0.25, 0.3) is 0 Å². The van der Waals surface area contributed by atoms with Crippen molar-refractivity contribution >= 4 is 35.1 Å². The molecule has 0 aromatic rings. The lowest BCUT2D eigenvalue weighted by atomic mass is 10.1. The summed E-state index contributed by atoms with van der Waals surface area (Å²) in [6, 6.07) is 0. The molecule has 0 bridgehead atoms. The standard InChI is InChI=1S/C26H48Cl2O4/c27-21-15-9-5-1-3-7-11-17-23-31-25(29)19-13-14-20-26(30)32-24-18-12-8-4-2-6-10-16-22-28/h1-24H2. The van der Waals surface area contributed by atoms with Gasteiger partial charge in [-0.3, -0.25) is 9.59 Å². The Morgan fingerprint density at radius 1 is 0.406 bits per heavy atom. The average molecular weight is 496 g/mol. The average Bonchev–Trinajstić information content (AvgIpc) is 2.79. The molecule has 0 aliphatic rings. The van der Waals surface area contributed by atoms with Gasteiger partial charge in [0.2, 0.25) is 0 Å². The van der Waals surface area contributed by atoms with Gasteiger partial charge in [-0.15, -0.1) is 23.2 Å². The first-order valence-electron chi connectivity index (χ1n) is 13.1. The summed E-state index contributed by atoms with van der Waals surface area (Å²) in [6.07, 6.45) is 20.9. The Balaban J connectivity index is 3.29. The number of rotatable bonds is 25. The highest BCUT2D eigenvalue weighted by Crippen LogP contribution is 2.11. The van der Waals surface area contributed by atoms with Crippen molar-refractivity contribution in [2.24, 2.45) is 0 Å². The summed E-state index contributed by atoms with van der Waals surface area (Å²) in [6.45, 7) is 1.03. The van der Waals surface area contributed by atoms with Crippen molar-refractivity contribution in [3.05, 3.63) is 0 Å².